The molecule has 1 aliphatic rings. The molecule has 0 fully saturated rings. The van der Waals surface area contributed by atoms with Gasteiger partial charge in [0.2, 0.25) is 11.8 Å². The number of rotatable bonds is 3. The molecular weight excluding hydrogens is 356 g/mol. The Morgan fingerprint density at radius 2 is 1.91 bits per heavy atom. The zero-order chi connectivity index (χ0) is 16.4. The highest BCUT2D eigenvalue weighted by Gasteiger charge is 2.22. The fourth-order valence-electron chi connectivity index (χ4n) is 2.80. The third kappa shape index (κ3) is 3.62. The number of hydrogen-bond acceptors (Lipinski definition) is 2. The van der Waals surface area contributed by atoms with Crippen molar-refractivity contribution < 1.29 is 9.59 Å². The van der Waals surface area contributed by atoms with E-state index in [1.165, 1.54) is 0 Å². The molecule has 1 aliphatic heterocycles. The average molecular weight is 373 g/mol. The van der Waals surface area contributed by atoms with Crippen LogP contribution in [0.25, 0.3) is 0 Å². The van der Waals surface area contributed by atoms with E-state index in [9.17, 15) is 9.59 Å². The molecule has 0 spiro atoms. The molecule has 0 saturated heterocycles. The molecule has 2 aromatic rings. The van der Waals surface area contributed by atoms with Gasteiger partial charge in [-0.15, -0.1) is 0 Å². The summed E-state index contributed by atoms with van der Waals surface area (Å²) in [4.78, 5) is 25.5. The summed E-state index contributed by atoms with van der Waals surface area (Å²) >= 11 is 3.38. The first-order chi connectivity index (χ1) is 11.0. The Bertz CT molecular complexity index is 756. The van der Waals surface area contributed by atoms with Crippen LogP contribution >= 0.6 is 15.9 Å². The van der Waals surface area contributed by atoms with Crippen molar-refractivity contribution in [2.75, 3.05) is 16.8 Å². The number of nitrogens with one attached hydrogen (secondary N) is 1. The molecule has 4 nitrogen and oxygen atoms in total. The molecule has 0 unspecified atom stereocenters. The van der Waals surface area contributed by atoms with Gasteiger partial charge in [0, 0.05) is 29.3 Å². The van der Waals surface area contributed by atoms with Gasteiger partial charge in [0.25, 0.3) is 0 Å². The van der Waals surface area contributed by atoms with Crippen LogP contribution in [0.4, 0.5) is 11.4 Å². The minimum Gasteiger partial charge on any atom is -0.326 e. The largest absolute Gasteiger partial charge is 0.326 e. The minimum atomic E-state index is -0.0475. The van der Waals surface area contributed by atoms with Crippen LogP contribution < -0.4 is 10.2 Å². The summed E-state index contributed by atoms with van der Waals surface area (Å²) in [5, 5.41) is 2.92. The maximum absolute atomic E-state index is 12.2. The first-order valence-electron chi connectivity index (χ1n) is 7.48. The predicted octanol–water partition coefficient (Wildman–Crippen LogP) is 3.54. The van der Waals surface area contributed by atoms with Crippen molar-refractivity contribution in [3.63, 3.8) is 0 Å². The van der Waals surface area contributed by atoms with E-state index in [1.54, 1.807) is 11.8 Å². The summed E-state index contributed by atoms with van der Waals surface area (Å²) < 4.78 is 0.996. The van der Waals surface area contributed by atoms with E-state index in [2.05, 4.69) is 21.2 Å². The number of hydrogen-bond donors (Lipinski definition) is 1. The van der Waals surface area contributed by atoms with Crippen LogP contribution in [0.3, 0.4) is 0 Å². The zero-order valence-electron chi connectivity index (χ0n) is 12.8. The summed E-state index contributed by atoms with van der Waals surface area (Å²) in [7, 11) is 0. The first kappa shape index (κ1) is 15.7. The van der Waals surface area contributed by atoms with Gasteiger partial charge in [0.05, 0.1) is 6.42 Å². The molecule has 118 valence electrons. The lowest BCUT2D eigenvalue weighted by molar-refractivity contribution is -0.117. The van der Waals surface area contributed by atoms with Gasteiger partial charge in [-0.1, -0.05) is 28.1 Å². The Balaban J connectivity index is 1.68. The Labute approximate surface area is 143 Å². The van der Waals surface area contributed by atoms with Crippen LogP contribution in [0.15, 0.2) is 46.9 Å². The Morgan fingerprint density at radius 3 is 2.61 bits per heavy atom. The highest BCUT2D eigenvalue weighted by atomic mass is 79.9. The van der Waals surface area contributed by atoms with Gasteiger partial charge in [0.1, 0.15) is 0 Å². The molecule has 3 rings (SSSR count). The van der Waals surface area contributed by atoms with Crippen LogP contribution in [-0.2, 0) is 22.4 Å². The molecule has 0 aromatic heterocycles. The maximum atomic E-state index is 12.2. The van der Waals surface area contributed by atoms with Crippen molar-refractivity contribution in [2.45, 2.75) is 19.8 Å². The van der Waals surface area contributed by atoms with Crippen LogP contribution in [-0.4, -0.2) is 18.4 Å². The van der Waals surface area contributed by atoms with Crippen LogP contribution in [0, 0.1) is 0 Å². The number of benzene rings is 2. The number of anilines is 2. The molecule has 2 amide bonds. The number of halogens is 1. The molecule has 0 atom stereocenters. The lowest BCUT2D eigenvalue weighted by Gasteiger charge is -2.15. The number of amides is 2. The third-order valence-corrected chi connectivity index (χ3v) is 4.45. The first-order valence-corrected chi connectivity index (χ1v) is 8.27. The quantitative estimate of drug-likeness (QED) is 0.895. The molecule has 0 aliphatic carbocycles. The summed E-state index contributed by atoms with van der Waals surface area (Å²) in [6, 6.07) is 13.4. The smallest absolute Gasteiger partial charge is 0.228 e. The average Bonchev–Trinajstić information content (AvgIpc) is 2.93. The van der Waals surface area contributed by atoms with Crippen molar-refractivity contribution in [2.24, 2.45) is 0 Å². The lowest BCUT2D eigenvalue weighted by Crippen LogP contribution is -2.25. The van der Waals surface area contributed by atoms with Gasteiger partial charge in [-0.2, -0.15) is 0 Å². The van der Waals surface area contributed by atoms with Gasteiger partial charge in [-0.3, -0.25) is 9.59 Å². The molecule has 2 aromatic carbocycles. The number of nitrogens with zero attached hydrogens (tertiary/aromatic N) is 1. The van der Waals surface area contributed by atoms with Crippen molar-refractivity contribution in [1.29, 1.82) is 0 Å². The zero-order valence-corrected chi connectivity index (χ0v) is 14.4. The van der Waals surface area contributed by atoms with E-state index in [-0.39, 0.29) is 11.8 Å². The van der Waals surface area contributed by atoms with Gasteiger partial charge >= 0.3 is 0 Å². The van der Waals surface area contributed by atoms with E-state index in [4.69, 9.17) is 0 Å². The molecular formula is C18H17BrN2O2. The number of carbonyl (C=O) groups is 2. The molecule has 1 heterocycles. The standard InChI is InChI=1S/C18H17BrN2O2/c1-12(22)21-9-8-14-11-16(6-7-17(14)21)20-18(23)10-13-2-4-15(19)5-3-13/h2-7,11H,8-10H2,1H3,(H,20,23). The lowest BCUT2D eigenvalue weighted by atomic mass is 10.1. The Hall–Kier alpha value is -2.14. The second-order valence-corrected chi connectivity index (χ2v) is 6.53. The fourth-order valence-corrected chi connectivity index (χ4v) is 3.06. The summed E-state index contributed by atoms with van der Waals surface area (Å²) in [6.45, 7) is 2.28. The summed E-state index contributed by atoms with van der Waals surface area (Å²) in [5.74, 6) is 0.00414. The second kappa shape index (κ2) is 6.54. The molecule has 5 heteroatoms. The van der Waals surface area contributed by atoms with Crippen LogP contribution in [0.5, 0.6) is 0 Å². The summed E-state index contributed by atoms with van der Waals surface area (Å²) in [5.41, 5.74) is 3.79. The van der Waals surface area contributed by atoms with E-state index < -0.39 is 0 Å². The minimum absolute atomic E-state index is 0.0475. The van der Waals surface area contributed by atoms with Crippen molar-refractivity contribution >= 4 is 39.1 Å². The van der Waals surface area contributed by atoms with Gasteiger partial charge < -0.3 is 10.2 Å². The monoisotopic (exact) mass is 372 g/mol. The molecule has 0 radical (unpaired) electrons. The van der Waals surface area contributed by atoms with E-state index >= 15 is 0 Å². The third-order valence-electron chi connectivity index (χ3n) is 3.92. The highest BCUT2D eigenvalue weighted by molar-refractivity contribution is 9.10. The molecule has 0 bridgehead atoms. The Kier molecular flexibility index (Phi) is 4.48. The van der Waals surface area contributed by atoms with Crippen molar-refractivity contribution in [3.8, 4) is 0 Å². The molecule has 23 heavy (non-hydrogen) atoms. The van der Waals surface area contributed by atoms with E-state index in [1.807, 2.05) is 42.5 Å². The van der Waals surface area contributed by atoms with E-state index in [0.717, 1.165) is 33.4 Å². The van der Waals surface area contributed by atoms with Crippen molar-refractivity contribution in [1.82, 2.24) is 0 Å². The maximum Gasteiger partial charge on any atom is 0.228 e. The van der Waals surface area contributed by atoms with Crippen LogP contribution in [0.2, 0.25) is 0 Å². The number of carbonyl (C=O) groups excluding carboxylic acids is 2. The SMILES string of the molecule is CC(=O)N1CCc2cc(NC(=O)Cc3ccc(Br)cc3)ccc21. The normalized spacial score (nSPS) is 12.9. The fraction of sp³-hybridized carbons (Fsp3) is 0.222. The molecule has 1 N–H and O–H groups in total. The van der Waals surface area contributed by atoms with Crippen molar-refractivity contribution in [3.05, 3.63) is 58.1 Å². The number of fused-ring (bicyclic) bond motifs is 1. The van der Waals surface area contributed by atoms with Gasteiger partial charge in [0.15, 0.2) is 0 Å². The predicted molar refractivity (Wildman–Crippen MR) is 94.6 cm³/mol. The van der Waals surface area contributed by atoms with E-state index in [0.29, 0.717) is 13.0 Å². The Morgan fingerprint density at radius 1 is 1.17 bits per heavy atom. The summed E-state index contributed by atoms with van der Waals surface area (Å²) in [6.07, 6.45) is 1.16. The highest BCUT2D eigenvalue weighted by Crippen LogP contribution is 2.30. The van der Waals surface area contributed by atoms with Gasteiger partial charge in [-0.05, 0) is 47.9 Å². The van der Waals surface area contributed by atoms with Crippen LogP contribution in [0.1, 0.15) is 18.1 Å². The molecule has 0 saturated carbocycles. The topological polar surface area (TPSA) is 49.4 Å². The van der Waals surface area contributed by atoms with Gasteiger partial charge in [-0.25, -0.2) is 0 Å². The second-order valence-electron chi connectivity index (χ2n) is 5.62.